The molecule has 0 heterocycles. The van der Waals surface area contributed by atoms with Crippen LogP contribution < -0.4 is 5.32 Å². The number of carbonyl (C=O) groups excluding carboxylic acids is 1. The van der Waals surface area contributed by atoms with Crippen molar-refractivity contribution in [2.75, 3.05) is 13.2 Å². The van der Waals surface area contributed by atoms with Crippen LogP contribution in [-0.4, -0.2) is 35.2 Å². The van der Waals surface area contributed by atoms with Crippen molar-refractivity contribution in [2.45, 2.75) is 32.6 Å². The van der Waals surface area contributed by atoms with E-state index in [-0.39, 0.29) is 18.4 Å². The van der Waals surface area contributed by atoms with Gasteiger partial charge in [0.25, 0.3) is 0 Å². The van der Waals surface area contributed by atoms with Gasteiger partial charge in [-0.15, -0.1) is 0 Å². The molecule has 0 aromatic carbocycles. The number of rotatable bonds is 5. The topological polar surface area (TPSA) is 86.6 Å². The van der Waals surface area contributed by atoms with Crippen molar-refractivity contribution in [3.05, 3.63) is 0 Å². The highest BCUT2D eigenvalue weighted by Crippen LogP contribution is 2.30. The summed E-state index contributed by atoms with van der Waals surface area (Å²) in [5, 5.41) is 20.6. The Balaban J connectivity index is 2.50. The van der Waals surface area contributed by atoms with E-state index in [0.717, 1.165) is 12.8 Å². The van der Waals surface area contributed by atoms with Gasteiger partial charge in [0, 0.05) is 13.2 Å². The highest BCUT2D eigenvalue weighted by atomic mass is 16.4. The third kappa shape index (κ3) is 4.00. The number of carbonyl (C=O) groups is 2. The molecular formula is C12H21NO4. The highest BCUT2D eigenvalue weighted by molar-refractivity contribution is 5.84. The zero-order valence-electron chi connectivity index (χ0n) is 10.2. The van der Waals surface area contributed by atoms with Crippen LogP contribution in [0.5, 0.6) is 0 Å². The van der Waals surface area contributed by atoms with E-state index < -0.39 is 17.8 Å². The maximum Gasteiger partial charge on any atom is 0.307 e. The standard InChI is InChI=1S/C12H21NO4/c1-8(7-14)6-13-11(15)9-4-2-3-5-10(9)12(16)17/h8-10,14H,2-7H2,1H3,(H,13,15)(H,16,17)/t8?,9-,10+/m1/s1. The van der Waals surface area contributed by atoms with E-state index >= 15 is 0 Å². The Morgan fingerprint density at radius 1 is 1.29 bits per heavy atom. The maximum atomic E-state index is 11.9. The molecule has 0 aliphatic heterocycles. The molecule has 0 aromatic heterocycles. The van der Waals surface area contributed by atoms with E-state index in [2.05, 4.69) is 5.32 Å². The first-order chi connectivity index (χ1) is 8.06. The first-order valence-electron chi connectivity index (χ1n) is 6.17. The van der Waals surface area contributed by atoms with Crippen LogP contribution in [0.25, 0.3) is 0 Å². The second kappa shape index (κ2) is 6.59. The van der Waals surface area contributed by atoms with E-state index in [0.29, 0.717) is 19.4 Å². The number of carboxylic acids is 1. The summed E-state index contributed by atoms with van der Waals surface area (Å²) in [5.41, 5.74) is 0. The molecule has 0 bridgehead atoms. The molecule has 1 aliphatic rings. The Kier molecular flexibility index (Phi) is 5.41. The van der Waals surface area contributed by atoms with Crippen LogP contribution in [0, 0.1) is 17.8 Å². The fourth-order valence-corrected chi connectivity index (χ4v) is 2.21. The first kappa shape index (κ1) is 14.0. The molecule has 3 N–H and O–H groups in total. The minimum absolute atomic E-state index is 0.00539. The van der Waals surface area contributed by atoms with Gasteiger partial charge in [-0.3, -0.25) is 9.59 Å². The number of nitrogens with one attached hydrogen (secondary N) is 1. The van der Waals surface area contributed by atoms with Crippen molar-refractivity contribution >= 4 is 11.9 Å². The average Bonchev–Trinajstić information content (AvgIpc) is 2.35. The summed E-state index contributed by atoms with van der Waals surface area (Å²) in [6, 6.07) is 0. The molecule has 5 nitrogen and oxygen atoms in total. The highest BCUT2D eigenvalue weighted by Gasteiger charge is 2.35. The van der Waals surface area contributed by atoms with Crippen LogP contribution in [0.2, 0.25) is 0 Å². The number of hydrogen-bond acceptors (Lipinski definition) is 3. The SMILES string of the molecule is CC(CO)CNC(=O)[C@@H]1CCCC[C@@H]1C(=O)O. The molecule has 1 amide bonds. The van der Waals surface area contributed by atoms with Crippen molar-refractivity contribution < 1.29 is 19.8 Å². The minimum Gasteiger partial charge on any atom is -0.481 e. The molecule has 17 heavy (non-hydrogen) atoms. The van der Waals surface area contributed by atoms with Gasteiger partial charge in [0.2, 0.25) is 5.91 Å². The number of aliphatic hydroxyl groups excluding tert-OH is 1. The van der Waals surface area contributed by atoms with E-state index in [9.17, 15) is 9.59 Å². The molecular weight excluding hydrogens is 222 g/mol. The lowest BCUT2D eigenvalue weighted by molar-refractivity contribution is -0.148. The fourth-order valence-electron chi connectivity index (χ4n) is 2.21. The van der Waals surface area contributed by atoms with Crippen molar-refractivity contribution in [2.24, 2.45) is 17.8 Å². The lowest BCUT2D eigenvalue weighted by Gasteiger charge is -2.27. The molecule has 1 fully saturated rings. The number of hydrogen-bond donors (Lipinski definition) is 3. The smallest absolute Gasteiger partial charge is 0.307 e. The fraction of sp³-hybridized carbons (Fsp3) is 0.833. The second-order valence-corrected chi connectivity index (χ2v) is 4.87. The summed E-state index contributed by atoms with van der Waals surface area (Å²) in [4.78, 5) is 22.9. The van der Waals surface area contributed by atoms with Crippen LogP contribution in [-0.2, 0) is 9.59 Å². The molecule has 5 heteroatoms. The third-order valence-corrected chi connectivity index (χ3v) is 3.36. The number of aliphatic hydroxyl groups is 1. The predicted octanol–water partition coefficient (Wildman–Crippen LogP) is 0.622. The number of aliphatic carboxylic acids is 1. The van der Waals surface area contributed by atoms with Crippen LogP contribution in [0.1, 0.15) is 32.6 Å². The lowest BCUT2D eigenvalue weighted by Crippen LogP contribution is -2.41. The zero-order valence-corrected chi connectivity index (χ0v) is 10.2. The van der Waals surface area contributed by atoms with Crippen molar-refractivity contribution in [3.8, 4) is 0 Å². The first-order valence-corrected chi connectivity index (χ1v) is 6.17. The molecule has 98 valence electrons. The predicted molar refractivity (Wildman–Crippen MR) is 62.3 cm³/mol. The molecule has 3 atom stereocenters. The Morgan fingerprint density at radius 2 is 1.88 bits per heavy atom. The summed E-state index contributed by atoms with van der Waals surface area (Å²) >= 11 is 0. The normalized spacial score (nSPS) is 26.2. The van der Waals surface area contributed by atoms with E-state index in [1.54, 1.807) is 0 Å². The Bertz CT molecular complexity index is 280. The molecule has 1 aliphatic carbocycles. The van der Waals surface area contributed by atoms with Crippen molar-refractivity contribution in [1.82, 2.24) is 5.32 Å². The van der Waals surface area contributed by atoms with E-state index in [1.165, 1.54) is 0 Å². The van der Waals surface area contributed by atoms with Gasteiger partial charge in [0.1, 0.15) is 0 Å². The van der Waals surface area contributed by atoms with Gasteiger partial charge in [0.15, 0.2) is 0 Å². The molecule has 1 saturated carbocycles. The van der Waals surface area contributed by atoms with Gasteiger partial charge in [0.05, 0.1) is 11.8 Å². The van der Waals surface area contributed by atoms with Gasteiger partial charge < -0.3 is 15.5 Å². The largest absolute Gasteiger partial charge is 0.481 e. The van der Waals surface area contributed by atoms with Crippen LogP contribution in [0.4, 0.5) is 0 Å². The monoisotopic (exact) mass is 243 g/mol. The minimum atomic E-state index is -0.875. The van der Waals surface area contributed by atoms with Crippen molar-refractivity contribution in [3.63, 3.8) is 0 Å². The van der Waals surface area contributed by atoms with Crippen LogP contribution in [0.3, 0.4) is 0 Å². The summed E-state index contributed by atoms with van der Waals surface area (Å²) in [7, 11) is 0. The molecule has 1 unspecified atom stereocenters. The van der Waals surface area contributed by atoms with Gasteiger partial charge in [-0.1, -0.05) is 19.8 Å². The summed E-state index contributed by atoms with van der Waals surface area (Å²) in [6.45, 7) is 2.25. The number of amides is 1. The Morgan fingerprint density at radius 3 is 2.41 bits per heavy atom. The quantitative estimate of drug-likeness (QED) is 0.660. The van der Waals surface area contributed by atoms with Gasteiger partial charge in [-0.25, -0.2) is 0 Å². The second-order valence-electron chi connectivity index (χ2n) is 4.87. The Labute approximate surface area is 101 Å². The molecule has 0 saturated heterocycles. The van der Waals surface area contributed by atoms with E-state index in [4.69, 9.17) is 10.2 Å². The van der Waals surface area contributed by atoms with Gasteiger partial charge in [-0.2, -0.15) is 0 Å². The molecule has 0 spiro atoms. The summed E-state index contributed by atoms with van der Waals surface area (Å²) in [6.07, 6.45) is 3.03. The number of carboxylic acid groups (broad SMARTS) is 1. The van der Waals surface area contributed by atoms with Crippen LogP contribution >= 0.6 is 0 Å². The van der Waals surface area contributed by atoms with Gasteiger partial charge in [-0.05, 0) is 18.8 Å². The molecule has 1 rings (SSSR count). The van der Waals surface area contributed by atoms with Crippen LogP contribution in [0.15, 0.2) is 0 Å². The zero-order chi connectivity index (χ0) is 12.8. The van der Waals surface area contributed by atoms with Crippen molar-refractivity contribution in [1.29, 1.82) is 0 Å². The third-order valence-electron chi connectivity index (χ3n) is 3.36. The Hall–Kier alpha value is -1.10. The molecule has 0 aromatic rings. The summed E-state index contributed by atoms with van der Waals surface area (Å²) in [5.74, 6) is -2.01. The van der Waals surface area contributed by atoms with E-state index in [1.807, 2.05) is 6.92 Å². The lowest BCUT2D eigenvalue weighted by atomic mass is 9.78. The maximum absolute atomic E-state index is 11.9. The summed E-state index contributed by atoms with van der Waals surface area (Å²) < 4.78 is 0. The van der Waals surface area contributed by atoms with Gasteiger partial charge >= 0.3 is 5.97 Å². The average molecular weight is 243 g/mol. The molecule has 0 radical (unpaired) electrons.